The first-order valence-corrected chi connectivity index (χ1v) is 7.26. The predicted molar refractivity (Wildman–Crippen MR) is 73.8 cm³/mol. The molecule has 1 aliphatic rings. The van der Waals surface area contributed by atoms with Gasteiger partial charge in [0.1, 0.15) is 0 Å². The highest BCUT2D eigenvalue weighted by Gasteiger charge is 2.27. The van der Waals surface area contributed by atoms with Crippen LogP contribution in [0.3, 0.4) is 0 Å². The number of carboxylic acids is 1. The largest absolute Gasteiger partial charge is 0.481 e. The monoisotopic (exact) mass is 265 g/mol. The second-order valence-electron chi connectivity index (χ2n) is 4.75. The molecular formula is C14H19NO2S. The molecule has 1 heterocycles. The topological polar surface area (TPSA) is 63.3 Å². The lowest BCUT2D eigenvalue weighted by Gasteiger charge is -2.15. The summed E-state index contributed by atoms with van der Waals surface area (Å²) in [4.78, 5) is 12.5. The number of benzene rings is 1. The van der Waals surface area contributed by atoms with Gasteiger partial charge in [-0.15, -0.1) is 11.8 Å². The molecule has 0 bridgehead atoms. The van der Waals surface area contributed by atoms with E-state index in [1.165, 1.54) is 10.5 Å². The third-order valence-electron chi connectivity index (χ3n) is 3.37. The molecule has 2 atom stereocenters. The molecule has 0 saturated heterocycles. The van der Waals surface area contributed by atoms with Crippen molar-refractivity contribution in [1.29, 1.82) is 0 Å². The Morgan fingerprint density at radius 2 is 2.28 bits per heavy atom. The van der Waals surface area contributed by atoms with Crippen LogP contribution < -0.4 is 5.73 Å². The summed E-state index contributed by atoms with van der Waals surface area (Å²) < 4.78 is 0. The molecule has 18 heavy (non-hydrogen) atoms. The van der Waals surface area contributed by atoms with Crippen molar-refractivity contribution < 1.29 is 9.90 Å². The van der Waals surface area contributed by atoms with Gasteiger partial charge >= 0.3 is 5.97 Å². The van der Waals surface area contributed by atoms with Gasteiger partial charge < -0.3 is 10.8 Å². The Morgan fingerprint density at radius 1 is 1.50 bits per heavy atom. The Morgan fingerprint density at radius 3 is 2.94 bits per heavy atom. The lowest BCUT2D eigenvalue weighted by molar-refractivity contribution is -0.142. The van der Waals surface area contributed by atoms with Gasteiger partial charge in [0.2, 0.25) is 0 Å². The van der Waals surface area contributed by atoms with E-state index in [4.69, 9.17) is 5.73 Å². The van der Waals surface area contributed by atoms with E-state index in [9.17, 15) is 9.90 Å². The summed E-state index contributed by atoms with van der Waals surface area (Å²) in [6.45, 7) is 0.571. The molecule has 0 spiro atoms. The Kier molecular flexibility index (Phi) is 4.66. The van der Waals surface area contributed by atoms with Crippen molar-refractivity contribution in [1.82, 2.24) is 0 Å². The number of rotatable bonds is 6. The molecule has 0 amide bonds. The van der Waals surface area contributed by atoms with Crippen LogP contribution in [0.2, 0.25) is 0 Å². The molecule has 1 aliphatic heterocycles. The lowest BCUT2D eigenvalue weighted by Crippen LogP contribution is -2.20. The SMILES string of the molecule is NCCCC(CC1Cc2ccccc2S1)C(=O)O. The fourth-order valence-electron chi connectivity index (χ4n) is 2.41. The zero-order valence-corrected chi connectivity index (χ0v) is 11.2. The van der Waals surface area contributed by atoms with Crippen LogP contribution in [0.4, 0.5) is 0 Å². The number of carboxylic acid groups (broad SMARTS) is 1. The van der Waals surface area contributed by atoms with Gasteiger partial charge in [-0.2, -0.15) is 0 Å². The number of thioether (sulfide) groups is 1. The molecule has 0 saturated carbocycles. The third-order valence-corrected chi connectivity index (χ3v) is 4.71. The van der Waals surface area contributed by atoms with Crippen molar-refractivity contribution in [2.24, 2.45) is 11.7 Å². The minimum absolute atomic E-state index is 0.250. The second-order valence-corrected chi connectivity index (χ2v) is 6.10. The van der Waals surface area contributed by atoms with E-state index in [0.29, 0.717) is 18.2 Å². The minimum Gasteiger partial charge on any atom is -0.481 e. The van der Waals surface area contributed by atoms with E-state index in [1.807, 2.05) is 23.9 Å². The third kappa shape index (κ3) is 3.27. The second kappa shape index (κ2) is 6.25. The van der Waals surface area contributed by atoms with Crippen LogP contribution in [-0.4, -0.2) is 22.9 Å². The number of nitrogens with two attached hydrogens (primary N) is 1. The zero-order chi connectivity index (χ0) is 13.0. The molecule has 3 N–H and O–H groups in total. The van der Waals surface area contributed by atoms with Crippen LogP contribution in [0.25, 0.3) is 0 Å². The van der Waals surface area contributed by atoms with Crippen LogP contribution >= 0.6 is 11.8 Å². The van der Waals surface area contributed by atoms with Crippen molar-refractivity contribution in [3.05, 3.63) is 29.8 Å². The molecule has 1 aromatic carbocycles. The predicted octanol–water partition coefficient (Wildman–Crippen LogP) is 2.53. The van der Waals surface area contributed by atoms with Gasteiger partial charge in [0.05, 0.1) is 5.92 Å². The Labute approximate surface area is 112 Å². The van der Waals surface area contributed by atoms with Crippen molar-refractivity contribution >= 4 is 17.7 Å². The standard InChI is InChI=1S/C14H19NO2S/c15-7-3-5-11(14(16)17)9-12-8-10-4-1-2-6-13(10)18-12/h1-2,4,6,11-12H,3,5,7-9,15H2,(H,16,17). The van der Waals surface area contributed by atoms with E-state index in [1.54, 1.807) is 0 Å². The van der Waals surface area contributed by atoms with Gasteiger partial charge in [-0.25, -0.2) is 0 Å². The molecular weight excluding hydrogens is 246 g/mol. The van der Waals surface area contributed by atoms with Crippen LogP contribution in [0.5, 0.6) is 0 Å². The van der Waals surface area contributed by atoms with Crippen LogP contribution in [0.1, 0.15) is 24.8 Å². The fourth-order valence-corrected chi connectivity index (χ4v) is 3.82. The van der Waals surface area contributed by atoms with Gasteiger partial charge in [0, 0.05) is 10.1 Å². The molecule has 0 fully saturated rings. The molecule has 2 unspecified atom stereocenters. The average molecular weight is 265 g/mol. The average Bonchev–Trinajstić information content (AvgIpc) is 2.76. The first-order chi connectivity index (χ1) is 8.70. The Bertz CT molecular complexity index is 397. The highest BCUT2D eigenvalue weighted by molar-refractivity contribution is 8.00. The molecule has 0 radical (unpaired) electrons. The molecule has 98 valence electrons. The number of fused-ring (bicyclic) bond motifs is 1. The highest BCUT2D eigenvalue weighted by atomic mass is 32.2. The smallest absolute Gasteiger partial charge is 0.306 e. The van der Waals surface area contributed by atoms with Crippen LogP contribution in [0.15, 0.2) is 29.2 Å². The summed E-state index contributed by atoms with van der Waals surface area (Å²) in [5, 5.41) is 9.63. The summed E-state index contributed by atoms with van der Waals surface area (Å²) in [6, 6.07) is 8.34. The number of carbonyl (C=O) groups is 1. The number of hydrogen-bond donors (Lipinski definition) is 2. The van der Waals surface area contributed by atoms with Crippen LogP contribution in [-0.2, 0) is 11.2 Å². The van der Waals surface area contributed by atoms with Crippen molar-refractivity contribution in [3.63, 3.8) is 0 Å². The van der Waals surface area contributed by atoms with Gasteiger partial charge in [-0.05, 0) is 43.9 Å². The number of hydrogen-bond acceptors (Lipinski definition) is 3. The quantitative estimate of drug-likeness (QED) is 0.829. The maximum Gasteiger partial charge on any atom is 0.306 e. The highest BCUT2D eigenvalue weighted by Crippen LogP contribution is 2.40. The maximum atomic E-state index is 11.2. The first-order valence-electron chi connectivity index (χ1n) is 6.38. The first kappa shape index (κ1) is 13.4. The van der Waals surface area contributed by atoms with Gasteiger partial charge in [-0.1, -0.05) is 18.2 Å². The lowest BCUT2D eigenvalue weighted by atomic mass is 9.95. The molecule has 4 heteroatoms. The normalized spacial score (nSPS) is 19.5. The van der Waals surface area contributed by atoms with E-state index in [2.05, 4.69) is 12.1 Å². The Hall–Kier alpha value is -1.00. The molecule has 3 nitrogen and oxygen atoms in total. The van der Waals surface area contributed by atoms with E-state index in [0.717, 1.165) is 19.3 Å². The molecule has 1 aromatic rings. The van der Waals surface area contributed by atoms with Crippen LogP contribution in [0, 0.1) is 5.92 Å². The van der Waals surface area contributed by atoms with Gasteiger partial charge in [-0.3, -0.25) is 4.79 Å². The fraction of sp³-hybridized carbons (Fsp3) is 0.500. The minimum atomic E-state index is -0.681. The van der Waals surface area contributed by atoms with Gasteiger partial charge in [0.25, 0.3) is 0 Å². The van der Waals surface area contributed by atoms with E-state index >= 15 is 0 Å². The summed E-state index contributed by atoms with van der Waals surface area (Å²) in [5.74, 6) is -0.930. The zero-order valence-electron chi connectivity index (χ0n) is 10.3. The summed E-state index contributed by atoms with van der Waals surface area (Å²) in [7, 11) is 0. The summed E-state index contributed by atoms with van der Waals surface area (Å²) >= 11 is 1.82. The van der Waals surface area contributed by atoms with Crippen molar-refractivity contribution in [2.45, 2.75) is 35.8 Å². The Balaban J connectivity index is 1.92. The van der Waals surface area contributed by atoms with E-state index in [-0.39, 0.29) is 5.92 Å². The summed E-state index contributed by atoms with van der Waals surface area (Å²) in [5.41, 5.74) is 6.81. The van der Waals surface area contributed by atoms with Crippen molar-refractivity contribution in [3.8, 4) is 0 Å². The summed E-state index contributed by atoms with van der Waals surface area (Å²) in [6.07, 6.45) is 3.22. The molecule has 0 aliphatic carbocycles. The van der Waals surface area contributed by atoms with E-state index < -0.39 is 5.97 Å². The van der Waals surface area contributed by atoms with Crippen molar-refractivity contribution in [2.75, 3.05) is 6.54 Å². The molecule has 2 rings (SSSR count). The van der Waals surface area contributed by atoms with Gasteiger partial charge in [0.15, 0.2) is 0 Å². The molecule has 0 aromatic heterocycles. The number of aliphatic carboxylic acids is 1. The maximum absolute atomic E-state index is 11.2.